The topological polar surface area (TPSA) is 27.1 Å². The molecule has 0 saturated carbocycles. The molecular formula is C8H15BN2O. The zero-order chi connectivity index (χ0) is 9.19. The van der Waals surface area contributed by atoms with Gasteiger partial charge in [-0.3, -0.25) is 4.68 Å². The van der Waals surface area contributed by atoms with E-state index in [1.807, 2.05) is 38.6 Å². The van der Waals surface area contributed by atoms with E-state index in [-0.39, 0.29) is 5.60 Å². The minimum absolute atomic E-state index is 0.140. The first-order valence-electron chi connectivity index (χ1n) is 4.09. The van der Waals surface area contributed by atoms with E-state index in [1.165, 1.54) is 0 Å². The molecular weight excluding hydrogens is 151 g/mol. The molecule has 0 radical (unpaired) electrons. The van der Waals surface area contributed by atoms with Crippen LogP contribution in [0.2, 0.25) is 0 Å². The fraction of sp³-hybridized carbons (Fsp3) is 0.625. The molecule has 0 aliphatic heterocycles. The van der Waals surface area contributed by atoms with Gasteiger partial charge in [0, 0.05) is 18.9 Å². The summed E-state index contributed by atoms with van der Waals surface area (Å²) in [6.07, 6.45) is 1.97. The molecule has 4 heteroatoms. The summed E-state index contributed by atoms with van der Waals surface area (Å²) in [6.45, 7) is 4.88. The standard InChI is InChI=1S/C8H15BN2O/c1-8(2,12-3)6-11-5-4-7(9)10-11/h4-5H,6,9H2,1-3H3. The fourth-order valence-electron chi connectivity index (χ4n) is 1.01. The van der Waals surface area contributed by atoms with Crippen LogP contribution in [-0.2, 0) is 11.3 Å². The maximum absolute atomic E-state index is 5.29. The van der Waals surface area contributed by atoms with E-state index in [0.29, 0.717) is 0 Å². The molecule has 0 saturated heterocycles. The SMILES string of the molecule is Bc1ccn(CC(C)(C)OC)n1. The highest BCUT2D eigenvalue weighted by Gasteiger charge is 2.16. The number of hydrogen-bond acceptors (Lipinski definition) is 2. The molecule has 0 fully saturated rings. The van der Waals surface area contributed by atoms with Gasteiger partial charge in [0.1, 0.15) is 0 Å². The summed E-state index contributed by atoms with van der Waals surface area (Å²) >= 11 is 0. The Morgan fingerprint density at radius 3 is 2.75 bits per heavy atom. The van der Waals surface area contributed by atoms with Gasteiger partial charge in [-0.15, -0.1) is 0 Å². The van der Waals surface area contributed by atoms with E-state index in [2.05, 4.69) is 5.10 Å². The lowest BCUT2D eigenvalue weighted by atomic mass is 10.1. The number of rotatable bonds is 3. The normalized spacial score (nSPS) is 11.9. The summed E-state index contributed by atoms with van der Waals surface area (Å²) in [4.78, 5) is 0. The highest BCUT2D eigenvalue weighted by atomic mass is 16.5. The van der Waals surface area contributed by atoms with E-state index in [1.54, 1.807) is 7.11 Å². The van der Waals surface area contributed by atoms with Crippen LogP contribution in [0.5, 0.6) is 0 Å². The Morgan fingerprint density at radius 1 is 1.67 bits per heavy atom. The molecule has 1 heterocycles. The van der Waals surface area contributed by atoms with Crippen molar-refractivity contribution in [3.05, 3.63) is 12.3 Å². The molecule has 1 aromatic rings. The smallest absolute Gasteiger partial charge is 0.166 e. The third-order valence-corrected chi connectivity index (χ3v) is 1.87. The summed E-state index contributed by atoms with van der Waals surface area (Å²) < 4.78 is 7.19. The second-order valence-electron chi connectivity index (χ2n) is 3.62. The van der Waals surface area contributed by atoms with Crippen molar-refractivity contribution < 1.29 is 4.74 Å². The molecule has 0 aromatic carbocycles. The van der Waals surface area contributed by atoms with E-state index in [9.17, 15) is 0 Å². The summed E-state index contributed by atoms with van der Waals surface area (Å²) in [5.41, 5.74) is 0.903. The van der Waals surface area contributed by atoms with Gasteiger partial charge in [0.15, 0.2) is 7.85 Å². The van der Waals surface area contributed by atoms with Crippen molar-refractivity contribution >= 4 is 13.4 Å². The minimum Gasteiger partial charge on any atom is -0.377 e. The maximum atomic E-state index is 5.29. The highest BCUT2D eigenvalue weighted by molar-refractivity contribution is 6.30. The van der Waals surface area contributed by atoms with Gasteiger partial charge >= 0.3 is 0 Å². The molecule has 3 nitrogen and oxygen atoms in total. The molecule has 0 aliphatic rings. The second-order valence-corrected chi connectivity index (χ2v) is 3.62. The third-order valence-electron chi connectivity index (χ3n) is 1.87. The van der Waals surface area contributed by atoms with Crippen LogP contribution in [0.4, 0.5) is 0 Å². The largest absolute Gasteiger partial charge is 0.377 e. The summed E-state index contributed by atoms with van der Waals surface area (Å²) in [6, 6.07) is 1.99. The van der Waals surface area contributed by atoms with Gasteiger partial charge in [0.05, 0.1) is 12.1 Å². The molecule has 0 amide bonds. The Labute approximate surface area is 74.1 Å². The lowest BCUT2D eigenvalue weighted by Crippen LogP contribution is -2.29. The highest BCUT2D eigenvalue weighted by Crippen LogP contribution is 2.09. The first-order chi connectivity index (χ1) is 5.53. The van der Waals surface area contributed by atoms with E-state index < -0.39 is 0 Å². The van der Waals surface area contributed by atoms with Crippen LogP contribution in [0.1, 0.15) is 13.8 Å². The number of nitrogens with zero attached hydrogens (tertiary/aromatic N) is 2. The first kappa shape index (κ1) is 9.32. The van der Waals surface area contributed by atoms with Crippen molar-refractivity contribution in [3.8, 4) is 0 Å². The minimum atomic E-state index is -0.140. The Balaban J connectivity index is 2.63. The van der Waals surface area contributed by atoms with Gasteiger partial charge in [0.25, 0.3) is 0 Å². The number of aromatic nitrogens is 2. The molecule has 12 heavy (non-hydrogen) atoms. The van der Waals surface area contributed by atoms with Crippen LogP contribution in [0.25, 0.3) is 0 Å². The van der Waals surface area contributed by atoms with Gasteiger partial charge < -0.3 is 4.74 Å². The molecule has 0 unspecified atom stereocenters. The zero-order valence-electron chi connectivity index (χ0n) is 8.16. The van der Waals surface area contributed by atoms with E-state index >= 15 is 0 Å². The number of methoxy groups -OCH3 is 1. The van der Waals surface area contributed by atoms with Crippen molar-refractivity contribution in [2.45, 2.75) is 26.0 Å². The lowest BCUT2D eigenvalue weighted by molar-refractivity contribution is 0.00551. The fourth-order valence-corrected chi connectivity index (χ4v) is 1.01. The molecule has 1 rings (SSSR count). The second kappa shape index (κ2) is 3.31. The van der Waals surface area contributed by atoms with Gasteiger partial charge in [-0.25, -0.2) is 0 Å². The first-order valence-corrected chi connectivity index (χ1v) is 4.09. The molecule has 0 bridgehead atoms. The molecule has 0 spiro atoms. The summed E-state index contributed by atoms with van der Waals surface area (Å²) in [7, 11) is 3.70. The van der Waals surface area contributed by atoms with Crippen molar-refractivity contribution in [1.29, 1.82) is 0 Å². The molecule has 1 aromatic heterocycles. The van der Waals surface area contributed by atoms with Crippen molar-refractivity contribution in [2.24, 2.45) is 0 Å². The van der Waals surface area contributed by atoms with Crippen LogP contribution < -0.4 is 5.59 Å². The van der Waals surface area contributed by atoms with Crippen LogP contribution >= 0.6 is 0 Å². The average Bonchev–Trinajstić information content (AvgIpc) is 2.35. The van der Waals surface area contributed by atoms with Gasteiger partial charge in [-0.05, 0) is 19.9 Å². The maximum Gasteiger partial charge on any atom is 0.166 e. The molecule has 0 N–H and O–H groups in total. The van der Waals surface area contributed by atoms with Crippen molar-refractivity contribution in [3.63, 3.8) is 0 Å². The predicted octanol–water partition coefficient (Wildman–Crippen LogP) is -0.433. The molecule has 66 valence electrons. The van der Waals surface area contributed by atoms with Crippen LogP contribution in [0.3, 0.4) is 0 Å². The average molecular weight is 166 g/mol. The van der Waals surface area contributed by atoms with Crippen molar-refractivity contribution in [2.75, 3.05) is 7.11 Å². The van der Waals surface area contributed by atoms with Gasteiger partial charge in [-0.2, -0.15) is 5.10 Å². The number of hydrogen-bond donors (Lipinski definition) is 0. The van der Waals surface area contributed by atoms with Crippen molar-refractivity contribution in [1.82, 2.24) is 9.78 Å². The Kier molecular flexibility index (Phi) is 2.57. The van der Waals surface area contributed by atoms with Gasteiger partial charge in [-0.1, -0.05) is 0 Å². The predicted molar refractivity (Wildman–Crippen MR) is 51.5 cm³/mol. The monoisotopic (exact) mass is 166 g/mol. The molecule has 0 atom stereocenters. The Morgan fingerprint density at radius 2 is 2.33 bits per heavy atom. The Hall–Kier alpha value is -0.765. The van der Waals surface area contributed by atoms with Crippen LogP contribution in [-0.4, -0.2) is 30.3 Å². The third kappa shape index (κ3) is 2.38. The van der Waals surface area contributed by atoms with Gasteiger partial charge in [0.2, 0.25) is 0 Å². The van der Waals surface area contributed by atoms with Crippen LogP contribution in [0, 0.1) is 0 Å². The lowest BCUT2D eigenvalue weighted by Gasteiger charge is -2.22. The number of ether oxygens (including phenoxy) is 1. The Bertz CT molecular complexity index is 257. The molecule has 0 aliphatic carbocycles. The zero-order valence-corrected chi connectivity index (χ0v) is 8.16. The quantitative estimate of drug-likeness (QED) is 0.569. The summed E-state index contributed by atoms with van der Waals surface area (Å²) in [5.74, 6) is 0. The van der Waals surface area contributed by atoms with E-state index in [4.69, 9.17) is 4.74 Å². The summed E-state index contributed by atoms with van der Waals surface area (Å²) in [5, 5.41) is 4.28. The van der Waals surface area contributed by atoms with Crippen LogP contribution in [0.15, 0.2) is 12.3 Å². The van der Waals surface area contributed by atoms with E-state index in [0.717, 1.165) is 12.1 Å².